The third-order valence-corrected chi connectivity index (χ3v) is 3.53. The minimum Gasteiger partial charge on any atom is -0.0856 e. The Labute approximate surface area is 110 Å². The third-order valence-electron chi connectivity index (χ3n) is 3.53. The highest BCUT2D eigenvalue weighted by atomic mass is 14.1. The van der Waals surface area contributed by atoms with E-state index in [9.17, 15) is 0 Å². The highest BCUT2D eigenvalue weighted by Gasteiger charge is 2.03. The standard InChI is InChI=1S/C17H34/c1-6-7-11-16(4)13-9-14-17(5)12-8-10-15(2)3/h11,15,17H,6-10,12-14H2,1-5H3. The smallest absolute Gasteiger partial charge is 0.0323 e. The Morgan fingerprint density at radius 3 is 2.24 bits per heavy atom. The van der Waals surface area contributed by atoms with Crippen LogP contribution in [-0.4, -0.2) is 0 Å². The Morgan fingerprint density at radius 2 is 1.65 bits per heavy atom. The first-order valence-electron chi connectivity index (χ1n) is 7.71. The van der Waals surface area contributed by atoms with Gasteiger partial charge in [-0.25, -0.2) is 0 Å². The van der Waals surface area contributed by atoms with Gasteiger partial charge < -0.3 is 0 Å². The van der Waals surface area contributed by atoms with Crippen LogP contribution in [0, 0.1) is 11.8 Å². The molecule has 0 radical (unpaired) electrons. The van der Waals surface area contributed by atoms with E-state index >= 15 is 0 Å². The van der Waals surface area contributed by atoms with Gasteiger partial charge in [0, 0.05) is 0 Å². The summed E-state index contributed by atoms with van der Waals surface area (Å²) in [6, 6.07) is 0. The molecule has 0 aliphatic rings. The zero-order chi connectivity index (χ0) is 13.1. The quantitative estimate of drug-likeness (QED) is 0.388. The number of allylic oxidation sites excluding steroid dienone is 2. The van der Waals surface area contributed by atoms with Crippen molar-refractivity contribution in [3.05, 3.63) is 11.6 Å². The molecule has 0 bridgehead atoms. The van der Waals surface area contributed by atoms with Gasteiger partial charge in [0.05, 0.1) is 0 Å². The summed E-state index contributed by atoms with van der Waals surface area (Å²) in [5, 5.41) is 0. The maximum absolute atomic E-state index is 2.42. The SMILES string of the molecule is CCCC=C(C)CCCC(C)CCCC(C)C. The van der Waals surface area contributed by atoms with E-state index in [-0.39, 0.29) is 0 Å². The van der Waals surface area contributed by atoms with Gasteiger partial charge in [-0.2, -0.15) is 0 Å². The van der Waals surface area contributed by atoms with Gasteiger partial charge >= 0.3 is 0 Å². The first-order valence-corrected chi connectivity index (χ1v) is 7.71. The van der Waals surface area contributed by atoms with E-state index in [1.807, 2.05) is 0 Å². The fourth-order valence-corrected chi connectivity index (χ4v) is 2.24. The molecule has 0 saturated carbocycles. The molecular formula is C17H34. The molecule has 0 heteroatoms. The average molecular weight is 238 g/mol. The largest absolute Gasteiger partial charge is 0.0856 e. The molecule has 0 aromatic heterocycles. The van der Waals surface area contributed by atoms with Gasteiger partial charge in [-0.3, -0.25) is 0 Å². The second-order valence-corrected chi connectivity index (χ2v) is 6.16. The predicted octanol–water partition coefficient (Wildman–Crippen LogP) is 6.37. The molecule has 0 spiro atoms. The second kappa shape index (κ2) is 10.9. The predicted molar refractivity (Wildman–Crippen MR) is 80.4 cm³/mol. The lowest BCUT2D eigenvalue weighted by atomic mass is 9.94. The molecular weight excluding hydrogens is 204 g/mol. The Kier molecular flexibility index (Phi) is 10.7. The van der Waals surface area contributed by atoms with Crippen LogP contribution in [0.15, 0.2) is 11.6 Å². The fourth-order valence-electron chi connectivity index (χ4n) is 2.24. The summed E-state index contributed by atoms with van der Waals surface area (Å²) in [5.74, 6) is 1.80. The molecule has 0 N–H and O–H groups in total. The van der Waals surface area contributed by atoms with Crippen molar-refractivity contribution in [2.45, 2.75) is 86.0 Å². The fraction of sp³-hybridized carbons (Fsp3) is 0.882. The lowest BCUT2D eigenvalue weighted by Gasteiger charge is -2.12. The molecule has 0 fully saturated rings. The summed E-state index contributed by atoms with van der Waals surface area (Å²) >= 11 is 0. The van der Waals surface area contributed by atoms with Gasteiger partial charge in [0.2, 0.25) is 0 Å². The van der Waals surface area contributed by atoms with Crippen LogP contribution in [-0.2, 0) is 0 Å². The monoisotopic (exact) mass is 238 g/mol. The first-order chi connectivity index (χ1) is 8.06. The Morgan fingerprint density at radius 1 is 1.00 bits per heavy atom. The van der Waals surface area contributed by atoms with Crippen molar-refractivity contribution in [3.63, 3.8) is 0 Å². The van der Waals surface area contributed by atoms with E-state index in [0.717, 1.165) is 11.8 Å². The summed E-state index contributed by atoms with van der Waals surface area (Å²) in [6.45, 7) is 11.6. The highest BCUT2D eigenvalue weighted by molar-refractivity contribution is 4.97. The van der Waals surface area contributed by atoms with Gasteiger partial charge in [0.1, 0.15) is 0 Å². The molecule has 0 aromatic carbocycles. The van der Waals surface area contributed by atoms with Gasteiger partial charge in [-0.1, -0.05) is 71.4 Å². The van der Waals surface area contributed by atoms with Crippen LogP contribution in [0.4, 0.5) is 0 Å². The molecule has 0 amide bonds. The minimum absolute atomic E-state index is 0.876. The number of hydrogen-bond donors (Lipinski definition) is 0. The van der Waals surface area contributed by atoms with Crippen molar-refractivity contribution in [1.82, 2.24) is 0 Å². The average Bonchev–Trinajstić information content (AvgIpc) is 2.25. The van der Waals surface area contributed by atoms with Crippen LogP contribution in [0.25, 0.3) is 0 Å². The maximum Gasteiger partial charge on any atom is -0.0323 e. The Bertz CT molecular complexity index is 188. The Hall–Kier alpha value is -0.260. The van der Waals surface area contributed by atoms with Crippen molar-refractivity contribution < 1.29 is 0 Å². The van der Waals surface area contributed by atoms with E-state index in [0.29, 0.717) is 0 Å². The van der Waals surface area contributed by atoms with E-state index in [1.54, 1.807) is 5.57 Å². The van der Waals surface area contributed by atoms with Gasteiger partial charge in [0.15, 0.2) is 0 Å². The summed E-state index contributed by atoms with van der Waals surface area (Å²) in [6.07, 6.45) is 13.3. The molecule has 0 aliphatic carbocycles. The van der Waals surface area contributed by atoms with Crippen LogP contribution < -0.4 is 0 Å². The van der Waals surface area contributed by atoms with E-state index in [4.69, 9.17) is 0 Å². The molecule has 0 rings (SSSR count). The molecule has 0 saturated heterocycles. The lowest BCUT2D eigenvalue weighted by Crippen LogP contribution is -1.97. The van der Waals surface area contributed by atoms with E-state index in [2.05, 4.69) is 40.7 Å². The molecule has 0 aliphatic heterocycles. The highest BCUT2D eigenvalue weighted by Crippen LogP contribution is 2.19. The molecule has 1 unspecified atom stereocenters. The van der Waals surface area contributed by atoms with Crippen molar-refractivity contribution in [2.24, 2.45) is 11.8 Å². The molecule has 102 valence electrons. The zero-order valence-electron chi connectivity index (χ0n) is 12.9. The van der Waals surface area contributed by atoms with E-state index in [1.165, 1.54) is 51.4 Å². The number of rotatable bonds is 10. The molecule has 1 atom stereocenters. The van der Waals surface area contributed by atoms with Gasteiger partial charge in [-0.15, -0.1) is 0 Å². The third kappa shape index (κ3) is 12.0. The van der Waals surface area contributed by atoms with Crippen molar-refractivity contribution in [2.75, 3.05) is 0 Å². The summed E-state index contributed by atoms with van der Waals surface area (Å²) in [4.78, 5) is 0. The number of hydrogen-bond acceptors (Lipinski definition) is 0. The normalized spacial score (nSPS) is 14.4. The maximum atomic E-state index is 2.42. The van der Waals surface area contributed by atoms with Gasteiger partial charge in [0.25, 0.3) is 0 Å². The topological polar surface area (TPSA) is 0 Å². The minimum atomic E-state index is 0.876. The van der Waals surface area contributed by atoms with Gasteiger partial charge in [-0.05, 0) is 38.0 Å². The van der Waals surface area contributed by atoms with Crippen molar-refractivity contribution >= 4 is 0 Å². The number of unbranched alkanes of at least 4 members (excludes halogenated alkanes) is 1. The second-order valence-electron chi connectivity index (χ2n) is 6.16. The van der Waals surface area contributed by atoms with Crippen LogP contribution >= 0.6 is 0 Å². The van der Waals surface area contributed by atoms with Crippen molar-refractivity contribution in [3.8, 4) is 0 Å². The first kappa shape index (κ1) is 16.7. The summed E-state index contributed by atoms with van der Waals surface area (Å²) in [5.41, 5.74) is 1.60. The van der Waals surface area contributed by atoms with E-state index < -0.39 is 0 Å². The van der Waals surface area contributed by atoms with Crippen LogP contribution in [0.2, 0.25) is 0 Å². The Balaban J connectivity index is 3.47. The zero-order valence-corrected chi connectivity index (χ0v) is 12.9. The van der Waals surface area contributed by atoms with Crippen molar-refractivity contribution in [1.29, 1.82) is 0 Å². The molecule has 0 heterocycles. The molecule has 0 aromatic rings. The van der Waals surface area contributed by atoms with Crippen LogP contribution in [0.3, 0.4) is 0 Å². The summed E-state index contributed by atoms with van der Waals surface area (Å²) in [7, 11) is 0. The molecule has 17 heavy (non-hydrogen) atoms. The van der Waals surface area contributed by atoms with Crippen LogP contribution in [0.1, 0.15) is 86.0 Å². The lowest BCUT2D eigenvalue weighted by molar-refractivity contribution is 0.427. The summed E-state index contributed by atoms with van der Waals surface area (Å²) < 4.78 is 0. The molecule has 0 nitrogen and oxygen atoms in total. The van der Waals surface area contributed by atoms with Crippen LogP contribution in [0.5, 0.6) is 0 Å².